The number of ether oxygens (including phenoxy) is 1. The monoisotopic (exact) mass is 356 g/mol. The zero-order chi connectivity index (χ0) is 14.7. The second kappa shape index (κ2) is 7.07. The highest BCUT2D eigenvalue weighted by molar-refractivity contribution is 9.10. The molecule has 0 unspecified atom stereocenters. The highest BCUT2D eigenvalue weighted by atomic mass is 79.9. The van der Waals surface area contributed by atoms with Crippen molar-refractivity contribution in [3.05, 3.63) is 28.0 Å². The normalized spacial score (nSPS) is 20.3. The molecule has 1 aliphatic carbocycles. The number of nitrogens with one attached hydrogen (secondary N) is 1. The summed E-state index contributed by atoms with van der Waals surface area (Å²) < 4.78 is 20.5. The van der Waals surface area contributed by atoms with Gasteiger partial charge in [0.25, 0.3) is 0 Å². The van der Waals surface area contributed by atoms with Gasteiger partial charge in [-0.25, -0.2) is 4.39 Å². The number of benzene rings is 1. The molecule has 1 saturated carbocycles. The van der Waals surface area contributed by atoms with Gasteiger partial charge in [0.15, 0.2) is 0 Å². The lowest BCUT2D eigenvalue weighted by Gasteiger charge is -2.29. The Hall–Kier alpha value is -0.650. The van der Waals surface area contributed by atoms with Gasteiger partial charge in [0, 0.05) is 32.7 Å². The van der Waals surface area contributed by atoms with Crippen LogP contribution in [0.4, 0.5) is 4.39 Å². The summed E-state index contributed by atoms with van der Waals surface area (Å²) in [6, 6.07) is 3.13. The number of nitrogens with zero attached hydrogens (tertiary/aromatic N) is 1. The molecular weight excluding hydrogens is 335 g/mol. The third kappa shape index (κ3) is 3.96. The molecule has 2 aliphatic rings. The van der Waals surface area contributed by atoms with E-state index >= 15 is 0 Å². The molecule has 1 aliphatic heterocycles. The Bertz CT molecular complexity index is 487. The quantitative estimate of drug-likeness (QED) is 0.877. The van der Waals surface area contributed by atoms with Crippen molar-refractivity contribution in [3.63, 3.8) is 0 Å². The maximum absolute atomic E-state index is 13.7. The standard InChI is InChI=1S/C16H22BrFN2O/c17-15-11-13(18)10-12(16(15)21-14-2-1-3-14)4-7-20-8-5-19-6-9-20/h10-11,14,19H,1-9H2. The van der Waals surface area contributed by atoms with Crippen molar-refractivity contribution >= 4 is 15.9 Å². The summed E-state index contributed by atoms with van der Waals surface area (Å²) in [7, 11) is 0. The van der Waals surface area contributed by atoms with Gasteiger partial charge in [-0.2, -0.15) is 0 Å². The van der Waals surface area contributed by atoms with Crippen molar-refractivity contribution < 1.29 is 9.13 Å². The molecular formula is C16H22BrFN2O. The molecule has 0 bridgehead atoms. The molecule has 1 aromatic rings. The van der Waals surface area contributed by atoms with Crippen LogP contribution in [0.1, 0.15) is 24.8 Å². The molecule has 0 spiro atoms. The number of rotatable bonds is 5. The van der Waals surface area contributed by atoms with Crippen molar-refractivity contribution in [2.75, 3.05) is 32.7 Å². The van der Waals surface area contributed by atoms with Crippen LogP contribution in [-0.4, -0.2) is 43.7 Å². The van der Waals surface area contributed by atoms with E-state index < -0.39 is 0 Å². The first-order valence-corrected chi connectivity index (χ1v) is 8.59. The summed E-state index contributed by atoms with van der Waals surface area (Å²) in [5.41, 5.74) is 0.979. The van der Waals surface area contributed by atoms with Crippen LogP contribution < -0.4 is 10.1 Å². The van der Waals surface area contributed by atoms with Gasteiger partial charge in [-0.05, 0) is 59.3 Å². The lowest BCUT2D eigenvalue weighted by molar-refractivity contribution is 0.117. The van der Waals surface area contributed by atoms with Crippen molar-refractivity contribution in [2.45, 2.75) is 31.8 Å². The molecule has 3 nitrogen and oxygen atoms in total. The second-order valence-corrected chi connectivity index (χ2v) is 6.74. The van der Waals surface area contributed by atoms with Crippen LogP contribution in [-0.2, 0) is 6.42 Å². The largest absolute Gasteiger partial charge is 0.489 e. The fourth-order valence-electron chi connectivity index (χ4n) is 2.80. The molecule has 0 atom stereocenters. The molecule has 1 aromatic carbocycles. The average Bonchev–Trinajstić information content (AvgIpc) is 2.43. The lowest BCUT2D eigenvalue weighted by atomic mass is 9.96. The van der Waals surface area contributed by atoms with Crippen LogP contribution in [0, 0.1) is 5.82 Å². The van der Waals surface area contributed by atoms with E-state index in [0.717, 1.165) is 67.8 Å². The van der Waals surface area contributed by atoms with Gasteiger partial charge < -0.3 is 15.0 Å². The van der Waals surface area contributed by atoms with E-state index in [1.54, 1.807) is 6.07 Å². The van der Waals surface area contributed by atoms with Gasteiger partial charge in [0.2, 0.25) is 0 Å². The number of halogens is 2. The predicted octanol–water partition coefficient (Wildman–Crippen LogP) is 2.97. The summed E-state index contributed by atoms with van der Waals surface area (Å²) in [6.07, 6.45) is 4.60. The van der Waals surface area contributed by atoms with E-state index in [0.29, 0.717) is 6.10 Å². The molecule has 1 heterocycles. The number of hydrogen-bond acceptors (Lipinski definition) is 3. The van der Waals surface area contributed by atoms with Crippen molar-refractivity contribution in [3.8, 4) is 5.75 Å². The molecule has 0 aromatic heterocycles. The number of hydrogen-bond donors (Lipinski definition) is 1. The first-order chi connectivity index (χ1) is 10.2. The molecule has 3 rings (SSSR count). The van der Waals surface area contributed by atoms with E-state index in [-0.39, 0.29) is 5.82 Å². The Kier molecular flexibility index (Phi) is 5.14. The average molecular weight is 357 g/mol. The topological polar surface area (TPSA) is 24.5 Å². The first kappa shape index (κ1) is 15.3. The molecule has 1 saturated heterocycles. The summed E-state index contributed by atoms with van der Waals surface area (Å²) in [4.78, 5) is 2.42. The molecule has 0 radical (unpaired) electrons. The summed E-state index contributed by atoms with van der Waals surface area (Å²) >= 11 is 3.46. The zero-order valence-corrected chi connectivity index (χ0v) is 13.8. The summed E-state index contributed by atoms with van der Waals surface area (Å²) in [6.45, 7) is 5.17. The Labute approximate surface area is 134 Å². The maximum Gasteiger partial charge on any atom is 0.137 e. The Morgan fingerprint density at radius 2 is 2.05 bits per heavy atom. The van der Waals surface area contributed by atoms with E-state index in [1.165, 1.54) is 12.5 Å². The van der Waals surface area contributed by atoms with Gasteiger partial charge in [0.1, 0.15) is 11.6 Å². The van der Waals surface area contributed by atoms with Gasteiger partial charge in [0.05, 0.1) is 10.6 Å². The third-order valence-electron chi connectivity index (χ3n) is 4.33. The Balaban J connectivity index is 1.68. The second-order valence-electron chi connectivity index (χ2n) is 5.89. The molecule has 5 heteroatoms. The van der Waals surface area contributed by atoms with Gasteiger partial charge >= 0.3 is 0 Å². The summed E-state index contributed by atoms with van der Waals surface area (Å²) in [5, 5.41) is 3.35. The smallest absolute Gasteiger partial charge is 0.137 e. The van der Waals surface area contributed by atoms with Gasteiger partial charge in [-0.1, -0.05) is 0 Å². The van der Waals surface area contributed by atoms with Gasteiger partial charge in [-0.15, -0.1) is 0 Å². The zero-order valence-electron chi connectivity index (χ0n) is 12.2. The maximum atomic E-state index is 13.7. The molecule has 116 valence electrons. The summed E-state index contributed by atoms with van der Waals surface area (Å²) in [5.74, 6) is 0.648. The Morgan fingerprint density at radius 1 is 1.29 bits per heavy atom. The van der Waals surface area contributed by atoms with E-state index in [1.807, 2.05) is 0 Å². The van der Waals surface area contributed by atoms with E-state index in [4.69, 9.17) is 4.74 Å². The van der Waals surface area contributed by atoms with Crippen LogP contribution in [0.2, 0.25) is 0 Å². The molecule has 0 amide bonds. The molecule has 1 N–H and O–H groups in total. The van der Waals surface area contributed by atoms with Crippen LogP contribution in [0.25, 0.3) is 0 Å². The van der Waals surface area contributed by atoms with Crippen LogP contribution >= 0.6 is 15.9 Å². The minimum Gasteiger partial charge on any atom is -0.489 e. The minimum atomic E-state index is -0.196. The molecule has 21 heavy (non-hydrogen) atoms. The van der Waals surface area contributed by atoms with Gasteiger partial charge in [-0.3, -0.25) is 0 Å². The highest BCUT2D eigenvalue weighted by Crippen LogP contribution is 2.35. The predicted molar refractivity (Wildman–Crippen MR) is 85.4 cm³/mol. The van der Waals surface area contributed by atoms with Crippen molar-refractivity contribution in [2.24, 2.45) is 0 Å². The SMILES string of the molecule is Fc1cc(Br)c(OC2CCC2)c(CCN2CCNCC2)c1. The fraction of sp³-hybridized carbons (Fsp3) is 0.625. The Morgan fingerprint density at radius 3 is 2.71 bits per heavy atom. The van der Waals surface area contributed by atoms with Crippen molar-refractivity contribution in [1.29, 1.82) is 0 Å². The highest BCUT2D eigenvalue weighted by Gasteiger charge is 2.22. The van der Waals surface area contributed by atoms with Crippen LogP contribution in [0.3, 0.4) is 0 Å². The van der Waals surface area contributed by atoms with Crippen LogP contribution in [0.5, 0.6) is 5.75 Å². The van der Waals surface area contributed by atoms with E-state index in [2.05, 4.69) is 26.1 Å². The minimum absolute atomic E-state index is 0.196. The molecule has 2 fully saturated rings. The van der Waals surface area contributed by atoms with Crippen molar-refractivity contribution in [1.82, 2.24) is 10.2 Å². The van der Waals surface area contributed by atoms with E-state index in [9.17, 15) is 4.39 Å². The first-order valence-electron chi connectivity index (χ1n) is 7.80. The lowest BCUT2D eigenvalue weighted by Crippen LogP contribution is -2.44. The fourth-order valence-corrected chi connectivity index (χ4v) is 3.37. The third-order valence-corrected chi connectivity index (χ3v) is 4.92. The van der Waals surface area contributed by atoms with Crippen LogP contribution in [0.15, 0.2) is 16.6 Å². The number of piperazine rings is 1.